The van der Waals surface area contributed by atoms with Gasteiger partial charge >= 0.3 is 0 Å². The molecule has 1 aliphatic rings. The van der Waals surface area contributed by atoms with E-state index in [-0.39, 0.29) is 0 Å². The van der Waals surface area contributed by atoms with E-state index in [9.17, 15) is 5.11 Å². The highest BCUT2D eigenvalue weighted by atomic mass is 16.5. The van der Waals surface area contributed by atoms with Crippen molar-refractivity contribution in [3.8, 4) is 5.75 Å². The first-order valence-corrected chi connectivity index (χ1v) is 6.10. The van der Waals surface area contributed by atoms with Crippen molar-refractivity contribution >= 4 is 0 Å². The number of rotatable bonds is 3. The van der Waals surface area contributed by atoms with Gasteiger partial charge in [0.05, 0.1) is 12.2 Å². The molecule has 1 saturated carbocycles. The fraction of sp³-hybridized carbons (Fsp3) is 0.571. The summed E-state index contributed by atoms with van der Waals surface area (Å²) in [5, 5.41) is 10.7. The van der Waals surface area contributed by atoms with Crippen LogP contribution in [-0.2, 0) is 5.60 Å². The number of para-hydroxylation sites is 1. The van der Waals surface area contributed by atoms with E-state index in [2.05, 4.69) is 6.92 Å². The number of aliphatic hydroxyl groups is 1. The lowest BCUT2D eigenvalue weighted by molar-refractivity contribution is 0.0378. The van der Waals surface area contributed by atoms with Gasteiger partial charge in [0.25, 0.3) is 0 Å². The van der Waals surface area contributed by atoms with Crippen molar-refractivity contribution in [2.75, 3.05) is 6.61 Å². The minimum Gasteiger partial charge on any atom is -0.493 e. The van der Waals surface area contributed by atoms with E-state index in [0.717, 1.165) is 30.6 Å². The third-order valence-corrected chi connectivity index (χ3v) is 3.43. The Morgan fingerprint density at radius 2 is 2.19 bits per heavy atom. The van der Waals surface area contributed by atoms with Crippen molar-refractivity contribution in [1.82, 2.24) is 0 Å². The topological polar surface area (TPSA) is 29.5 Å². The summed E-state index contributed by atoms with van der Waals surface area (Å²) in [6.07, 6.45) is 2.78. The van der Waals surface area contributed by atoms with Gasteiger partial charge in [-0.25, -0.2) is 0 Å². The molecule has 0 aromatic heterocycles. The van der Waals surface area contributed by atoms with Crippen LogP contribution >= 0.6 is 0 Å². The van der Waals surface area contributed by atoms with Crippen LogP contribution in [0.15, 0.2) is 24.3 Å². The first-order chi connectivity index (χ1) is 7.65. The highest BCUT2D eigenvalue weighted by Gasteiger charge is 2.38. The first-order valence-electron chi connectivity index (χ1n) is 6.10. The van der Waals surface area contributed by atoms with E-state index in [1.54, 1.807) is 0 Å². The summed E-state index contributed by atoms with van der Waals surface area (Å²) in [6, 6.07) is 7.86. The molecule has 2 heteroatoms. The summed E-state index contributed by atoms with van der Waals surface area (Å²) < 4.78 is 5.59. The summed E-state index contributed by atoms with van der Waals surface area (Å²) in [4.78, 5) is 0. The molecule has 1 aromatic carbocycles. The van der Waals surface area contributed by atoms with E-state index in [1.807, 2.05) is 31.2 Å². The maximum Gasteiger partial charge on any atom is 0.125 e. The van der Waals surface area contributed by atoms with Gasteiger partial charge in [-0.3, -0.25) is 0 Å². The van der Waals surface area contributed by atoms with Gasteiger partial charge in [0.1, 0.15) is 5.75 Å². The average Bonchev–Trinajstić information content (AvgIpc) is 2.61. The fourth-order valence-electron chi connectivity index (χ4n) is 2.64. The summed E-state index contributed by atoms with van der Waals surface area (Å²) in [5.74, 6) is 1.43. The molecule has 2 atom stereocenters. The number of benzene rings is 1. The van der Waals surface area contributed by atoms with Crippen molar-refractivity contribution in [1.29, 1.82) is 0 Å². The van der Waals surface area contributed by atoms with Crippen LogP contribution in [0.5, 0.6) is 5.75 Å². The van der Waals surface area contributed by atoms with Crippen LogP contribution in [-0.4, -0.2) is 11.7 Å². The summed E-state index contributed by atoms with van der Waals surface area (Å²) in [7, 11) is 0. The minimum absolute atomic E-state index is 0.597. The maximum atomic E-state index is 10.7. The van der Waals surface area contributed by atoms with Gasteiger partial charge in [0.2, 0.25) is 0 Å². The summed E-state index contributed by atoms with van der Waals surface area (Å²) >= 11 is 0. The van der Waals surface area contributed by atoms with Crippen LogP contribution < -0.4 is 4.74 Å². The molecule has 0 spiro atoms. The zero-order valence-electron chi connectivity index (χ0n) is 10.1. The van der Waals surface area contributed by atoms with E-state index in [4.69, 9.17) is 4.74 Å². The Morgan fingerprint density at radius 1 is 1.44 bits per heavy atom. The number of ether oxygens (including phenoxy) is 1. The Hall–Kier alpha value is -1.02. The second-order valence-electron chi connectivity index (χ2n) is 4.81. The van der Waals surface area contributed by atoms with Gasteiger partial charge in [-0.15, -0.1) is 0 Å². The van der Waals surface area contributed by atoms with Crippen LogP contribution in [0.25, 0.3) is 0 Å². The quantitative estimate of drug-likeness (QED) is 0.848. The zero-order valence-corrected chi connectivity index (χ0v) is 10.1. The van der Waals surface area contributed by atoms with Crippen molar-refractivity contribution in [2.45, 2.75) is 38.7 Å². The summed E-state index contributed by atoms with van der Waals surface area (Å²) in [6.45, 7) is 4.81. The SMILES string of the molecule is CCOc1ccccc1C1(O)CCC(C)C1. The molecule has 0 aliphatic heterocycles. The van der Waals surface area contributed by atoms with Crippen LogP contribution in [0.4, 0.5) is 0 Å². The largest absolute Gasteiger partial charge is 0.493 e. The zero-order chi connectivity index (χ0) is 11.6. The van der Waals surface area contributed by atoms with Crippen LogP contribution in [0.2, 0.25) is 0 Å². The van der Waals surface area contributed by atoms with Crippen LogP contribution in [0.1, 0.15) is 38.7 Å². The lowest BCUT2D eigenvalue weighted by atomic mass is 9.90. The molecule has 2 nitrogen and oxygen atoms in total. The number of hydrogen-bond donors (Lipinski definition) is 1. The summed E-state index contributed by atoms with van der Waals surface area (Å²) in [5.41, 5.74) is 0.284. The van der Waals surface area contributed by atoms with Crippen molar-refractivity contribution in [3.63, 3.8) is 0 Å². The van der Waals surface area contributed by atoms with E-state index in [0.29, 0.717) is 12.5 Å². The Kier molecular flexibility index (Phi) is 3.20. The highest BCUT2D eigenvalue weighted by Crippen LogP contribution is 2.44. The van der Waals surface area contributed by atoms with Gasteiger partial charge in [0, 0.05) is 5.56 Å². The monoisotopic (exact) mass is 220 g/mol. The second-order valence-corrected chi connectivity index (χ2v) is 4.81. The highest BCUT2D eigenvalue weighted by molar-refractivity contribution is 5.38. The molecular weight excluding hydrogens is 200 g/mol. The Bertz CT molecular complexity index is 362. The minimum atomic E-state index is -0.675. The molecule has 1 N–H and O–H groups in total. The molecule has 0 radical (unpaired) electrons. The van der Waals surface area contributed by atoms with Gasteiger partial charge in [0.15, 0.2) is 0 Å². The van der Waals surface area contributed by atoms with Crippen LogP contribution in [0.3, 0.4) is 0 Å². The molecular formula is C14H20O2. The smallest absolute Gasteiger partial charge is 0.125 e. The number of hydrogen-bond acceptors (Lipinski definition) is 2. The molecule has 1 fully saturated rings. The first kappa shape index (κ1) is 11.5. The molecule has 0 bridgehead atoms. The molecule has 16 heavy (non-hydrogen) atoms. The average molecular weight is 220 g/mol. The van der Waals surface area contributed by atoms with Gasteiger partial charge in [-0.1, -0.05) is 25.1 Å². The third kappa shape index (κ3) is 2.07. The predicted molar refractivity (Wildman–Crippen MR) is 64.5 cm³/mol. The lowest BCUT2D eigenvalue weighted by Crippen LogP contribution is -2.22. The van der Waals surface area contributed by atoms with Gasteiger partial charge in [-0.05, 0) is 38.2 Å². The van der Waals surface area contributed by atoms with Crippen molar-refractivity contribution in [3.05, 3.63) is 29.8 Å². The van der Waals surface area contributed by atoms with E-state index in [1.165, 1.54) is 0 Å². The van der Waals surface area contributed by atoms with E-state index < -0.39 is 5.60 Å². The predicted octanol–water partition coefficient (Wildman–Crippen LogP) is 3.09. The third-order valence-electron chi connectivity index (χ3n) is 3.43. The molecule has 0 saturated heterocycles. The Balaban J connectivity index is 2.32. The Labute approximate surface area is 97.3 Å². The normalized spacial score (nSPS) is 29.3. The lowest BCUT2D eigenvalue weighted by Gasteiger charge is -2.25. The molecule has 0 heterocycles. The molecule has 2 unspecified atom stereocenters. The maximum absolute atomic E-state index is 10.7. The van der Waals surface area contributed by atoms with Crippen molar-refractivity contribution in [2.24, 2.45) is 5.92 Å². The van der Waals surface area contributed by atoms with Crippen LogP contribution in [0, 0.1) is 5.92 Å². The molecule has 0 amide bonds. The van der Waals surface area contributed by atoms with Gasteiger partial charge in [-0.2, -0.15) is 0 Å². The standard InChI is InChI=1S/C14H20O2/c1-3-16-13-7-5-4-6-12(13)14(15)9-8-11(2)10-14/h4-7,11,15H,3,8-10H2,1-2H3. The molecule has 1 aromatic rings. The van der Waals surface area contributed by atoms with E-state index >= 15 is 0 Å². The van der Waals surface area contributed by atoms with Crippen molar-refractivity contribution < 1.29 is 9.84 Å². The molecule has 88 valence electrons. The van der Waals surface area contributed by atoms with Gasteiger partial charge < -0.3 is 9.84 Å². The molecule has 1 aliphatic carbocycles. The fourth-order valence-corrected chi connectivity index (χ4v) is 2.64. The molecule has 2 rings (SSSR count). The Morgan fingerprint density at radius 3 is 2.81 bits per heavy atom. The second kappa shape index (κ2) is 4.46.